The third-order valence-electron chi connectivity index (χ3n) is 3.86. The summed E-state index contributed by atoms with van der Waals surface area (Å²) in [6.07, 6.45) is 5.37. The van der Waals surface area contributed by atoms with Gasteiger partial charge in [0.05, 0.1) is 0 Å². The molecule has 18 heavy (non-hydrogen) atoms. The van der Waals surface area contributed by atoms with Crippen molar-refractivity contribution in [2.45, 2.75) is 45.6 Å². The minimum absolute atomic E-state index is 0.644. The van der Waals surface area contributed by atoms with Gasteiger partial charge in [-0.2, -0.15) is 0 Å². The largest absolute Gasteiger partial charge is 0.296 e. The molecule has 0 bridgehead atoms. The first-order chi connectivity index (χ1) is 8.66. The van der Waals surface area contributed by atoms with Crippen molar-refractivity contribution in [3.8, 4) is 0 Å². The van der Waals surface area contributed by atoms with Gasteiger partial charge in [-0.15, -0.1) is 0 Å². The van der Waals surface area contributed by atoms with E-state index in [9.17, 15) is 0 Å². The van der Waals surface area contributed by atoms with Gasteiger partial charge in [0.15, 0.2) is 0 Å². The molecule has 0 spiro atoms. The summed E-state index contributed by atoms with van der Waals surface area (Å²) < 4.78 is 1.18. The average molecular weight is 310 g/mol. The van der Waals surface area contributed by atoms with Gasteiger partial charge in [0.25, 0.3) is 0 Å². The molecule has 1 heterocycles. The Bertz CT molecular complexity index is 358. The lowest BCUT2D eigenvalue weighted by molar-refractivity contribution is 0.141. The van der Waals surface area contributed by atoms with Crippen LogP contribution in [0.1, 0.15) is 51.1 Å². The van der Waals surface area contributed by atoms with E-state index in [-0.39, 0.29) is 0 Å². The van der Waals surface area contributed by atoms with Crippen LogP contribution in [-0.4, -0.2) is 18.0 Å². The van der Waals surface area contributed by atoms with Crippen molar-refractivity contribution in [1.29, 1.82) is 0 Å². The van der Waals surface area contributed by atoms with E-state index in [0.29, 0.717) is 6.04 Å². The van der Waals surface area contributed by atoms with Gasteiger partial charge in [0, 0.05) is 10.5 Å². The molecule has 0 aliphatic carbocycles. The summed E-state index contributed by atoms with van der Waals surface area (Å²) in [5.74, 6) is 0.803. The highest BCUT2D eigenvalue weighted by molar-refractivity contribution is 9.10. The molecular formula is C16H24BrN. The Balaban J connectivity index is 2.05. The Morgan fingerprint density at radius 1 is 1.22 bits per heavy atom. The molecular weight excluding hydrogens is 286 g/mol. The molecule has 1 nitrogen and oxygen atoms in total. The highest BCUT2D eigenvalue weighted by Crippen LogP contribution is 2.31. The third-order valence-corrected chi connectivity index (χ3v) is 4.39. The predicted molar refractivity (Wildman–Crippen MR) is 81.8 cm³/mol. The monoisotopic (exact) mass is 309 g/mol. The zero-order chi connectivity index (χ0) is 13.0. The van der Waals surface area contributed by atoms with E-state index in [1.165, 1.54) is 48.8 Å². The fourth-order valence-corrected chi connectivity index (χ4v) is 3.01. The van der Waals surface area contributed by atoms with Crippen LogP contribution in [0.2, 0.25) is 0 Å². The SMILES string of the molecule is CC(C)CCN1CCCCC1c1ccc(Br)cc1. The van der Waals surface area contributed by atoms with Crippen LogP contribution in [0.3, 0.4) is 0 Å². The van der Waals surface area contributed by atoms with Gasteiger partial charge >= 0.3 is 0 Å². The van der Waals surface area contributed by atoms with Gasteiger partial charge in [0.1, 0.15) is 0 Å². The maximum atomic E-state index is 3.52. The zero-order valence-corrected chi connectivity index (χ0v) is 13.1. The highest BCUT2D eigenvalue weighted by Gasteiger charge is 2.23. The first-order valence-electron chi connectivity index (χ1n) is 7.16. The molecule has 0 saturated carbocycles. The molecule has 1 aromatic rings. The van der Waals surface area contributed by atoms with Gasteiger partial charge in [-0.05, 0) is 56.0 Å². The van der Waals surface area contributed by atoms with Crippen LogP contribution in [0.5, 0.6) is 0 Å². The van der Waals surface area contributed by atoms with Gasteiger partial charge in [-0.1, -0.05) is 48.3 Å². The lowest BCUT2D eigenvalue weighted by Gasteiger charge is -2.36. The zero-order valence-electron chi connectivity index (χ0n) is 11.5. The minimum atomic E-state index is 0.644. The van der Waals surface area contributed by atoms with Crippen LogP contribution in [0.15, 0.2) is 28.7 Å². The summed E-state index contributed by atoms with van der Waals surface area (Å²) in [6.45, 7) is 7.16. The highest BCUT2D eigenvalue weighted by atomic mass is 79.9. The van der Waals surface area contributed by atoms with Crippen molar-refractivity contribution in [2.75, 3.05) is 13.1 Å². The molecule has 0 N–H and O–H groups in total. The maximum absolute atomic E-state index is 3.52. The van der Waals surface area contributed by atoms with Crippen molar-refractivity contribution < 1.29 is 0 Å². The fraction of sp³-hybridized carbons (Fsp3) is 0.625. The first-order valence-corrected chi connectivity index (χ1v) is 7.95. The van der Waals surface area contributed by atoms with Crippen LogP contribution < -0.4 is 0 Å². The topological polar surface area (TPSA) is 3.24 Å². The molecule has 1 fully saturated rings. The van der Waals surface area contributed by atoms with E-state index in [4.69, 9.17) is 0 Å². The summed E-state index contributed by atoms with van der Waals surface area (Å²) in [5.41, 5.74) is 1.49. The molecule has 1 unspecified atom stereocenters. The smallest absolute Gasteiger partial charge is 0.0348 e. The predicted octanol–water partition coefficient (Wildman–Crippen LogP) is 5.02. The number of hydrogen-bond acceptors (Lipinski definition) is 1. The van der Waals surface area contributed by atoms with Gasteiger partial charge < -0.3 is 0 Å². The second-order valence-corrected chi connectivity index (χ2v) is 6.70. The Kier molecular flexibility index (Phi) is 5.25. The van der Waals surface area contributed by atoms with Crippen molar-refractivity contribution in [2.24, 2.45) is 5.92 Å². The van der Waals surface area contributed by atoms with Crippen molar-refractivity contribution in [3.63, 3.8) is 0 Å². The van der Waals surface area contributed by atoms with E-state index in [0.717, 1.165) is 5.92 Å². The van der Waals surface area contributed by atoms with Crippen molar-refractivity contribution in [3.05, 3.63) is 34.3 Å². The maximum Gasteiger partial charge on any atom is 0.0348 e. The van der Waals surface area contributed by atoms with Gasteiger partial charge in [0.2, 0.25) is 0 Å². The van der Waals surface area contributed by atoms with E-state index in [2.05, 4.69) is 58.9 Å². The van der Waals surface area contributed by atoms with Crippen LogP contribution in [0.25, 0.3) is 0 Å². The van der Waals surface area contributed by atoms with Crippen LogP contribution in [0, 0.1) is 5.92 Å². The van der Waals surface area contributed by atoms with Crippen LogP contribution in [-0.2, 0) is 0 Å². The van der Waals surface area contributed by atoms with Crippen molar-refractivity contribution in [1.82, 2.24) is 4.90 Å². The molecule has 0 radical (unpaired) electrons. The van der Waals surface area contributed by atoms with Crippen molar-refractivity contribution >= 4 is 15.9 Å². The Morgan fingerprint density at radius 3 is 2.61 bits per heavy atom. The molecule has 0 amide bonds. The summed E-state index contributed by atoms with van der Waals surface area (Å²) >= 11 is 3.52. The first kappa shape index (κ1) is 14.1. The van der Waals surface area contributed by atoms with E-state index in [1.807, 2.05) is 0 Å². The molecule has 2 rings (SSSR count). The van der Waals surface area contributed by atoms with E-state index < -0.39 is 0 Å². The van der Waals surface area contributed by atoms with Gasteiger partial charge in [-0.25, -0.2) is 0 Å². The standard InChI is InChI=1S/C16H24BrN/c1-13(2)10-12-18-11-4-3-5-16(18)14-6-8-15(17)9-7-14/h6-9,13,16H,3-5,10-12H2,1-2H3. The molecule has 1 aromatic carbocycles. The Hall–Kier alpha value is -0.340. The van der Waals surface area contributed by atoms with Gasteiger partial charge in [-0.3, -0.25) is 4.90 Å². The van der Waals surface area contributed by atoms with E-state index in [1.54, 1.807) is 0 Å². The normalized spacial score (nSPS) is 21.4. The quantitative estimate of drug-likeness (QED) is 0.754. The number of nitrogens with zero attached hydrogens (tertiary/aromatic N) is 1. The molecule has 0 aromatic heterocycles. The number of piperidine rings is 1. The number of benzene rings is 1. The Morgan fingerprint density at radius 2 is 1.94 bits per heavy atom. The lowest BCUT2D eigenvalue weighted by atomic mass is 9.94. The summed E-state index contributed by atoms with van der Waals surface area (Å²) in [4.78, 5) is 2.69. The summed E-state index contributed by atoms with van der Waals surface area (Å²) in [5, 5.41) is 0. The number of rotatable bonds is 4. The van der Waals surface area contributed by atoms with Crippen LogP contribution >= 0.6 is 15.9 Å². The number of hydrogen-bond donors (Lipinski definition) is 0. The molecule has 1 aliphatic rings. The van der Waals surface area contributed by atoms with Crippen LogP contribution in [0.4, 0.5) is 0 Å². The fourth-order valence-electron chi connectivity index (χ4n) is 2.75. The average Bonchev–Trinajstić information content (AvgIpc) is 2.38. The second kappa shape index (κ2) is 6.72. The third kappa shape index (κ3) is 3.83. The lowest BCUT2D eigenvalue weighted by Crippen LogP contribution is -2.34. The summed E-state index contributed by atoms with van der Waals surface area (Å²) in [6, 6.07) is 9.55. The Labute approximate surface area is 120 Å². The summed E-state index contributed by atoms with van der Waals surface area (Å²) in [7, 11) is 0. The number of likely N-dealkylation sites (tertiary alicyclic amines) is 1. The van der Waals surface area contributed by atoms with E-state index >= 15 is 0 Å². The number of halogens is 1. The molecule has 100 valence electrons. The molecule has 2 heteroatoms. The second-order valence-electron chi connectivity index (χ2n) is 5.78. The molecule has 1 atom stereocenters. The minimum Gasteiger partial charge on any atom is -0.296 e. The molecule has 1 aliphatic heterocycles. The molecule has 1 saturated heterocycles.